The highest BCUT2D eigenvalue weighted by Gasteiger charge is 2.26. The number of epoxide rings is 1. The number of rotatable bonds is 3. The third kappa shape index (κ3) is 4.92. The molecule has 194 valence electrons. The van der Waals surface area contributed by atoms with Crippen LogP contribution in [-0.4, -0.2) is 73.1 Å². The fourth-order valence-corrected chi connectivity index (χ4v) is 4.36. The van der Waals surface area contributed by atoms with Crippen LogP contribution in [0.4, 0.5) is 11.5 Å². The average molecular weight is 508 g/mol. The molecule has 1 saturated heterocycles. The second-order valence-corrected chi connectivity index (χ2v) is 9.35. The smallest absolute Gasteiger partial charge is 0.237 e. The molecule has 6 rings (SSSR count). The quantitative estimate of drug-likeness (QED) is 0.512. The van der Waals surface area contributed by atoms with Crippen LogP contribution in [0.15, 0.2) is 30.6 Å². The number of hydrogen-bond acceptors (Lipinski definition) is 10. The van der Waals surface area contributed by atoms with Crippen molar-refractivity contribution in [1.82, 2.24) is 20.2 Å². The van der Waals surface area contributed by atoms with Crippen molar-refractivity contribution < 1.29 is 28.5 Å². The van der Waals surface area contributed by atoms with Gasteiger partial charge < -0.3 is 34.3 Å². The van der Waals surface area contributed by atoms with Gasteiger partial charge in [-0.1, -0.05) is 6.07 Å². The van der Waals surface area contributed by atoms with Gasteiger partial charge in [0.25, 0.3) is 0 Å². The van der Waals surface area contributed by atoms with E-state index in [2.05, 4.69) is 20.6 Å². The Balaban J connectivity index is 1.44. The van der Waals surface area contributed by atoms with E-state index in [0.29, 0.717) is 73.7 Å². The molecule has 0 saturated carbocycles. The van der Waals surface area contributed by atoms with Crippen LogP contribution < -0.4 is 29.6 Å². The Labute approximate surface area is 214 Å². The lowest BCUT2D eigenvalue weighted by Gasteiger charge is -2.26. The van der Waals surface area contributed by atoms with Crippen LogP contribution >= 0.6 is 0 Å². The van der Waals surface area contributed by atoms with E-state index in [1.54, 1.807) is 0 Å². The van der Waals surface area contributed by atoms with Gasteiger partial charge in [0.05, 0.1) is 30.5 Å². The van der Waals surface area contributed by atoms with Crippen molar-refractivity contribution in [2.75, 3.05) is 45.5 Å². The number of nitrogens with zero attached hydrogens (tertiary/aromatic N) is 3. The highest BCUT2D eigenvalue weighted by molar-refractivity contribution is 5.94. The Hall–Kier alpha value is -3.83. The predicted molar refractivity (Wildman–Crippen MR) is 135 cm³/mol. The fourth-order valence-electron chi connectivity index (χ4n) is 4.36. The number of nitrogens with one attached hydrogen (secondary N) is 2. The van der Waals surface area contributed by atoms with Gasteiger partial charge in [-0.05, 0) is 38.1 Å². The summed E-state index contributed by atoms with van der Waals surface area (Å²) in [5.74, 6) is 2.98. The third-order valence-electron chi connectivity index (χ3n) is 6.74. The van der Waals surface area contributed by atoms with E-state index >= 15 is 0 Å². The molecule has 37 heavy (non-hydrogen) atoms. The topological polar surface area (TPSA) is 120 Å². The van der Waals surface area contributed by atoms with Gasteiger partial charge in [-0.3, -0.25) is 9.69 Å². The van der Waals surface area contributed by atoms with Crippen LogP contribution in [0.2, 0.25) is 0 Å². The molecule has 2 aromatic carbocycles. The number of likely N-dealkylation sites (N-methyl/N-ethyl adjacent to an activating group) is 1. The van der Waals surface area contributed by atoms with Crippen molar-refractivity contribution in [3.05, 3.63) is 36.2 Å². The molecule has 3 aliphatic heterocycles. The van der Waals surface area contributed by atoms with Gasteiger partial charge in [-0.15, -0.1) is 0 Å². The maximum absolute atomic E-state index is 12.8. The van der Waals surface area contributed by atoms with Crippen molar-refractivity contribution in [3.63, 3.8) is 0 Å². The molecular formula is C26H29N5O6. The highest BCUT2D eigenvalue weighted by Crippen LogP contribution is 2.44. The van der Waals surface area contributed by atoms with E-state index in [1.807, 2.05) is 43.1 Å². The number of ether oxygens (including phenoxy) is 5. The van der Waals surface area contributed by atoms with Crippen LogP contribution in [0.25, 0.3) is 10.9 Å². The summed E-state index contributed by atoms with van der Waals surface area (Å²) in [6.45, 7) is 4.58. The van der Waals surface area contributed by atoms with E-state index in [0.717, 1.165) is 16.6 Å². The third-order valence-corrected chi connectivity index (χ3v) is 6.74. The molecule has 4 heterocycles. The van der Waals surface area contributed by atoms with Gasteiger partial charge in [0.15, 0.2) is 23.0 Å². The molecule has 11 nitrogen and oxygen atoms in total. The Kier molecular flexibility index (Phi) is 6.31. The summed E-state index contributed by atoms with van der Waals surface area (Å²) in [4.78, 5) is 23.8. The monoisotopic (exact) mass is 507 g/mol. The van der Waals surface area contributed by atoms with Gasteiger partial charge in [0.1, 0.15) is 24.9 Å². The maximum Gasteiger partial charge on any atom is 0.237 e. The molecule has 0 spiro atoms. The number of amides is 1. The Bertz CT molecular complexity index is 1330. The first kappa shape index (κ1) is 23.6. The summed E-state index contributed by atoms with van der Waals surface area (Å²) in [5.41, 5.74) is 2.38. The maximum atomic E-state index is 12.8. The van der Waals surface area contributed by atoms with E-state index < -0.39 is 0 Å². The average Bonchev–Trinajstić information content (AvgIpc) is 3.61. The number of hydrogen-bond donors (Lipinski definition) is 2. The standard InChI is InChI=1S/C26H29N5O6/c1-15-26(32)27-6-3-7-33-21-8-18-19(9-22(21)35-12-17-11-34-17)28-13-29-25(18)30-23-16(10-31(15)2)4-5-20-24(23)37-14-36-20/h4-5,8-9,13,15,17H,3,6-7,10-12,14H2,1-2H3,(H,27,32)(H,28,29,30)/t15-,17-/m0/s1. The van der Waals surface area contributed by atoms with Crippen LogP contribution in [0.5, 0.6) is 23.0 Å². The lowest BCUT2D eigenvalue weighted by molar-refractivity contribution is -0.125. The zero-order chi connectivity index (χ0) is 25.4. The Morgan fingerprint density at radius 1 is 1.16 bits per heavy atom. The molecule has 3 aliphatic rings. The van der Waals surface area contributed by atoms with Crippen molar-refractivity contribution >= 4 is 28.3 Å². The van der Waals surface area contributed by atoms with Crippen LogP contribution in [-0.2, 0) is 16.1 Å². The number of fused-ring (bicyclic) bond motifs is 4. The zero-order valence-corrected chi connectivity index (χ0v) is 20.8. The molecule has 0 radical (unpaired) electrons. The molecule has 0 unspecified atom stereocenters. The first-order valence-electron chi connectivity index (χ1n) is 12.4. The molecule has 11 heteroatoms. The molecule has 0 aliphatic carbocycles. The van der Waals surface area contributed by atoms with Crippen LogP contribution in [0.3, 0.4) is 0 Å². The molecule has 3 aromatic rings. The van der Waals surface area contributed by atoms with Gasteiger partial charge in [0.2, 0.25) is 12.7 Å². The van der Waals surface area contributed by atoms with Gasteiger partial charge in [-0.2, -0.15) is 0 Å². The van der Waals surface area contributed by atoms with E-state index in [1.165, 1.54) is 6.33 Å². The van der Waals surface area contributed by atoms with Crippen LogP contribution in [0, 0.1) is 0 Å². The number of aromatic nitrogens is 2. The minimum atomic E-state index is -0.338. The minimum absolute atomic E-state index is 0.0437. The molecule has 2 bridgehead atoms. The van der Waals surface area contributed by atoms with Crippen molar-refractivity contribution in [2.45, 2.75) is 32.0 Å². The van der Waals surface area contributed by atoms with E-state index in [-0.39, 0.29) is 24.8 Å². The molecule has 1 amide bonds. The van der Waals surface area contributed by atoms with E-state index in [4.69, 9.17) is 23.7 Å². The summed E-state index contributed by atoms with van der Waals surface area (Å²) in [5, 5.41) is 7.25. The number of benzene rings is 2. The van der Waals surface area contributed by atoms with Gasteiger partial charge in [0, 0.05) is 24.5 Å². The van der Waals surface area contributed by atoms with Gasteiger partial charge >= 0.3 is 0 Å². The largest absolute Gasteiger partial charge is 0.490 e. The summed E-state index contributed by atoms with van der Waals surface area (Å²) in [6.07, 6.45) is 2.26. The predicted octanol–water partition coefficient (Wildman–Crippen LogP) is 2.60. The van der Waals surface area contributed by atoms with Gasteiger partial charge in [-0.25, -0.2) is 9.97 Å². The second-order valence-electron chi connectivity index (χ2n) is 9.35. The van der Waals surface area contributed by atoms with Crippen molar-refractivity contribution in [1.29, 1.82) is 0 Å². The molecular weight excluding hydrogens is 478 g/mol. The molecule has 2 N–H and O–H groups in total. The second kappa shape index (κ2) is 9.91. The lowest BCUT2D eigenvalue weighted by Crippen LogP contribution is -2.43. The Morgan fingerprint density at radius 2 is 2.05 bits per heavy atom. The normalized spacial score (nSPS) is 21.6. The fraction of sp³-hybridized carbons (Fsp3) is 0.423. The number of carbonyl (C=O) groups is 1. The summed E-state index contributed by atoms with van der Waals surface area (Å²) < 4.78 is 28.9. The minimum Gasteiger partial charge on any atom is -0.490 e. The van der Waals surface area contributed by atoms with Crippen LogP contribution in [0.1, 0.15) is 18.9 Å². The zero-order valence-electron chi connectivity index (χ0n) is 20.8. The van der Waals surface area contributed by atoms with E-state index in [9.17, 15) is 4.79 Å². The highest BCUT2D eigenvalue weighted by atomic mass is 16.7. The first-order chi connectivity index (χ1) is 18.1. The number of carbonyl (C=O) groups excluding carboxylic acids is 1. The summed E-state index contributed by atoms with van der Waals surface area (Å²) in [7, 11) is 1.92. The molecule has 1 aromatic heterocycles. The molecule has 2 atom stereocenters. The SMILES string of the molecule is C[C@H]1C(=O)NCCCOc2cc3c(ncnc3cc2OC[C@@H]2CO2)Nc2c(ccc3c2OCO3)CN1C. The first-order valence-corrected chi connectivity index (χ1v) is 12.4. The van der Waals surface area contributed by atoms with Crippen molar-refractivity contribution in [2.24, 2.45) is 0 Å². The Morgan fingerprint density at radius 3 is 2.92 bits per heavy atom. The summed E-state index contributed by atoms with van der Waals surface area (Å²) >= 11 is 0. The van der Waals surface area contributed by atoms with Crippen molar-refractivity contribution in [3.8, 4) is 23.0 Å². The summed E-state index contributed by atoms with van der Waals surface area (Å²) in [6, 6.07) is 7.27. The molecule has 1 fully saturated rings. The number of anilines is 2. The lowest BCUT2D eigenvalue weighted by atomic mass is 10.1.